The zero-order valence-corrected chi connectivity index (χ0v) is 7.96. The first-order valence-corrected chi connectivity index (χ1v) is 5.03. The number of hydrogen-bond donors (Lipinski definition) is 0. The molecular formula is C12H15F. The van der Waals surface area contributed by atoms with E-state index in [1.165, 1.54) is 24.8 Å². The molecule has 1 aromatic carbocycles. The van der Waals surface area contributed by atoms with Crippen LogP contribution >= 0.6 is 0 Å². The quantitative estimate of drug-likeness (QED) is 0.647. The van der Waals surface area contributed by atoms with Gasteiger partial charge in [-0.3, -0.25) is 0 Å². The van der Waals surface area contributed by atoms with E-state index in [-0.39, 0.29) is 5.82 Å². The van der Waals surface area contributed by atoms with E-state index in [1.54, 1.807) is 12.1 Å². The van der Waals surface area contributed by atoms with Gasteiger partial charge in [0.15, 0.2) is 0 Å². The highest BCUT2D eigenvalue weighted by Crippen LogP contribution is 2.38. The second-order valence-electron chi connectivity index (χ2n) is 4.03. The van der Waals surface area contributed by atoms with Gasteiger partial charge in [-0.25, -0.2) is 4.39 Å². The van der Waals surface area contributed by atoms with Crippen molar-refractivity contribution in [3.8, 4) is 0 Å². The summed E-state index contributed by atoms with van der Waals surface area (Å²) >= 11 is 0. The molecule has 0 saturated heterocycles. The van der Waals surface area contributed by atoms with Crippen LogP contribution in [0.25, 0.3) is 0 Å². The molecule has 0 aliphatic heterocycles. The Morgan fingerprint density at radius 1 is 1.23 bits per heavy atom. The van der Waals surface area contributed by atoms with Gasteiger partial charge >= 0.3 is 0 Å². The van der Waals surface area contributed by atoms with Crippen LogP contribution in [0.4, 0.5) is 4.39 Å². The van der Waals surface area contributed by atoms with Crippen LogP contribution in [0.5, 0.6) is 0 Å². The molecule has 1 unspecified atom stereocenters. The maximum Gasteiger partial charge on any atom is 0.123 e. The van der Waals surface area contributed by atoms with Gasteiger partial charge in [-0.15, -0.1) is 0 Å². The normalized spacial score (nSPS) is 19.5. The van der Waals surface area contributed by atoms with Crippen LogP contribution in [0.2, 0.25) is 0 Å². The van der Waals surface area contributed by atoms with E-state index in [1.807, 2.05) is 12.1 Å². The van der Waals surface area contributed by atoms with Gasteiger partial charge in [0.25, 0.3) is 0 Å². The van der Waals surface area contributed by atoms with Gasteiger partial charge in [-0.1, -0.05) is 25.5 Å². The van der Waals surface area contributed by atoms with Crippen LogP contribution in [0.3, 0.4) is 0 Å². The predicted octanol–water partition coefficient (Wildman–Crippen LogP) is 3.73. The second kappa shape index (κ2) is 3.49. The molecule has 70 valence electrons. The summed E-state index contributed by atoms with van der Waals surface area (Å²) in [7, 11) is 0. The lowest BCUT2D eigenvalue weighted by Crippen LogP contribution is -2.17. The lowest BCUT2D eigenvalue weighted by molar-refractivity contribution is 0.272. The summed E-state index contributed by atoms with van der Waals surface area (Å²) in [6.45, 7) is 2.25. The zero-order chi connectivity index (χ0) is 9.26. The molecule has 1 fully saturated rings. The van der Waals surface area contributed by atoms with Crippen LogP contribution in [0.15, 0.2) is 24.3 Å². The van der Waals surface area contributed by atoms with Gasteiger partial charge in [0.2, 0.25) is 0 Å². The van der Waals surface area contributed by atoms with E-state index in [9.17, 15) is 4.39 Å². The van der Waals surface area contributed by atoms with Crippen molar-refractivity contribution >= 4 is 0 Å². The minimum absolute atomic E-state index is 0.135. The van der Waals surface area contributed by atoms with Gasteiger partial charge in [-0.05, 0) is 42.4 Å². The zero-order valence-electron chi connectivity index (χ0n) is 7.96. The summed E-state index contributed by atoms with van der Waals surface area (Å²) in [5, 5.41) is 0. The molecule has 0 N–H and O–H groups in total. The topological polar surface area (TPSA) is 0 Å². The molecular weight excluding hydrogens is 163 g/mol. The van der Waals surface area contributed by atoms with Crippen molar-refractivity contribution in [3.05, 3.63) is 35.6 Å². The van der Waals surface area contributed by atoms with Crippen molar-refractivity contribution in [1.29, 1.82) is 0 Å². The number of rotatable bonds is 2. The van der Waals surface area contributed by atoms with Gasteiger partial charge < -0.3 is 0 Å². The smallest absolute Gasteiger partial charge is 0.123 e. The summed E-state index contributed by atoms with van der Waals surface area (Å²) in [6.07, 6.45) is 4.06. The third-order valence-electron chi connectivity index (χ3n) is 3.25. The highest BCUT2D eigenvalue weighted by Gasteiger charge is 2.24. The van der Waals surface area contributed by atoms with Crippen molar-refractivity contribution in [2.45, 2.75) is 32.1 Å². The Kier molecular flexibility index (Phi) is 2.34. The third kappa shape index (κ3) is 1.74. The highest BCUT2D eigenvalue weighted by atomic mass is 19.1. The molecule has 0 nitrogen and oxygen atoms in total. The fourth-order valence-electron chi connectivity index (χ4n) is 1.98. The Morgan fingerprint density at radius 3 is 2.31 bits per heavy atom. The van der Waals surface area contributed by atoms with E-state index in [0.29, 0.717) is 5.92 Å². The summed E-state index contributed by atoms with van der Waals surface area (Å²) in [5.41, 5.74) is 1.28. The monoisotopic (exact) mass is 178 g/mol. The molecule has 1 saturated carbocycles. The molecule has 0 bridgehead atoms. The van der Waals surface area contributed by atoms with E-state index < -0.39 is 0 Å². The van der Waals surface area contributed by atoms with Crippen molar-refractivity contribution < 1.29 is 4.39 Å². The summed E-state index contributed by atoms with van der Waals surface area (Å²) in [4.78, 5) is 0. The third-order valence-corrected chi connectivity index (χ3v) is 3.25. The lowest BCUT2D eigenvalue weighted by atomic mass is 9.74. The fourth-order valence-corrected chi connectivity index (χ4v) is 1.98. The molecule has 0 amide bonds. The molecule has 1 atom stereocenters. The Hall–Kier alpha value is -0.850. The van der Waals surface area contributed by atoms with Crippen molar-refractivity contribution in [2.24, 2.45) is 5.92 Å². The molecule has 0 aromatic heterocycles. The molecule has 0 spiro atoms. The highest BCUT2D eigenvalue weighted by molar-refractivity contribution is 5.21. The molecule has 0 radical (unpaired) electrons. The molecule has 1 aromatic rings. The maximum atomic E-state index is 12.6. The molecule has 1 aliphatic rings. The number of halogens is 1. The lowest BCUT2D eigenvalue weighted by Gasteiger charge is -2.31. The molecule has 1 heteroatoms. The van der Waals surface area contributed by atoms with Crippen LogP contribution in [0.1, 0.15) is 37.7 Å². The van der Waals surface area contributed by atoms with Gasteiger partial charge in [0.05, 0.1) is 0 Å². The van der Waals surface area contributed by atoms with Crippen molar-refractivity contribution in [2.75, 3.05) is 0 Å². The van der Waals surface area contributed by atoms with Crippen molar-refractivity contribution in [3.63, 3.8) is 0 Å². The molecule has 13 heavy (non-hydrogen) atoms. The van der Waals surface area contributed by atoms with Gasteiger partial charge in [0.1, 0.15) is 5.82 Å². The minimum atomic E-state index is -0.135. The van der Waals surface area contributed by atoms with Gasteiger partial charge in [-0.2, -0.15) is 0 Å². The first-order valence-electron chi connectivity index (χ1n) is 5.03. The Labute approximate surface area is 78.8 Å². The summed E-state index contributed by atoms with van der Waals surface area (Å²) < 4.78 is 12.6. The number of hydrogen-bond acceptors (Lipinski definition) is 0. The molecule has 1 aliphatic carbocycles. The van der Waals surface area contributed by atoms with Crippen molar-refractivity contribution in [1.82, 2.24) is 0 Å². The Morgan fingerprint density at radius 2 is 1.85 bits per heavy atom. The fraction of sp³-hybridized carbons (Fsp3) is 0.500. The first kappa shape index (κ1) is 8.74. The van der Waals surface area contributed by atoms with Gasteiger partial charge in [0, 0.05) is 0 Å². The van der Waals surface area contributed by atoms with Crippen LogP contribution < -0.4 is 0 Å². The largest absolute Gasteiger partial charge is 0.207 e. The SMILES string of the molecule is CC(c1ccc(F)cc1)C1CCC1. The summed E-state index contributed by atoms with van der Waals surface area (Å²) in [5.74, 6) is 1.31. The maximum absolute atomic E-state index is 12.6. The van der Waals surface area contributed by atoms with Crippen LogP contribution in [-0.2, 0) is 0 Å². The van der Waals surface area contributed by atoms with Crippen LogP contribution in [0, 0.1) is 11.7 Å². The Bertz CT molecular complexity index is 272. The standard InChI is InChI=1S/C12H15F/c1-9(10-3-2-4-10)11-5-7-12(13)8-6-11/h5-10H,2-4H2,1H3. The molecule has 2 rings (SSSR count). The van der Waals surface area contributed by atoms with E-state index in [0.717, 1.165) is 5.92 Å². The number of benzene rings is 1. The molecule has 0 heterocycles. The second-order valence-corrected chi connectivity index (χ2v) is 4.03. The average molecular weight is 178 g/mol. The predicted molar refractivity (Wildman–Crippen MR) is 52.2 cm³/mol. The van der Waals surface area contributed by atoms with Crippen LogP contribution in [-0.4, -0.2) is 0 Å². The van der Waals surface area contributed by atoms with E-state index >= 15 is 0 Å². The van der Waals surface area contributed by atoms with E-state index in [2.05, 4.69) is 6.92 Å². The van der Waals surface area contributed by atoms with E-state index in [4.69, 9.17) is 0 Å². The first-order chi connectivity index (χ1) is 6.27. The minimum Gasteiger partial charge on any atom is -0.207 e. The average Bonchev–Trinajstić information content (AvgIpc) is 2.02. The summed E-state index contributed by atoms with van der Waals surface area (Å²) in [6, 6.07) is 6.95. The Balaban J connectivity index is 2.10.